The zero-order valence-electron chi connectivity index (χ0n) is 5.43. The molecule has 0 bridgehead atoms. The fourth-order valence-electron chi connectivity index (χ4n) is 0.656. The molecule has 0 aromatic heterocycles. The summed E-state index contributed by atoms with van der Waals surface area (Å²) >= 11 is 1.96. The summed E-state index contributed by atoms with van der Waals surface area (Å²) in [6.07, 6.45) is 0. The van der Waals surface area contributed by atoms with Gasteiger partial charge in [0.1, 0.15) is 11.5 Å². The van der Waals surface area contributed by atoms with Gasteiger partial charge < -0.3 is 10.2 Å². The molecule has 0 aliphatic carbocycles. The fraction of sp³-hybridized carbons (Fsp3) is 0.143. The van der Waals surface area contributed by atoms with Crippen molar-refractivity contribution >= 4 is 22.6 Å². The van der Waals surface area contributed by atoms with Gasteiger partial charge in [-0.2, -0.15) is 0 Å². The Morgan fingerprint density at radius 1 is 1.20 bits per heavy atom. The van der Waals surface area contributed by atoms with Crippen LogP contribution in [-0.4, -0.2) is 10.2 Å². The Morgan fingerprint density at radius 3 is 2.30 bits per heavy atom. The van der Waals surface area contributed by atoms with E-state index in [1.807, 2.05) is 22.6 Å². The van der Waals surface area contributed by atoms with E-state index in [0.717, 1.165) is 0 Å². The minimum atomic E-state index is 0.218. The van der Waals surface area contributed by atoms with Gasteiger partial charge in [0, 0.05) is 0 Å². The molecule has 1 aromatic carbocycles. The molecule has 3 heteroatoms. The average molecular weight is 250 g/mol. The maximum atomic E-state index is 9.11. The molecule has 0 aliphatic heterocycles. The quantitative estimate of drug-likeness (QED) is 0.546. The van der Waals surface area contributed by atoms with Gasteiger partial charge in [-0.1, -0.05) is 0 Å². The predicted molar refractivity (Wildman–Crippen MR) is 47.2 cm³/mol. The Hall–Kier alpha value is -0.450. The van der Waals surface area contributed by atoms with Crippen LogP contribution in [0.5, 0.6) is 11.5 Å². The molecule has 0 saturated carbocycles. The predicted octanol–water partition coefficient (Wildman–Crippen LogP) is 2.01. The Kier molecular flexibility index (Phi) is 2.03. The lowest BCUT2D eigenvalue weighted by Gasteiger charge is -2.00. The van der Waals surface area contributed by atoms with E-state index in [4.69, 9.17) is 10.2 Å². The molecule has 0 spiro atoms. The minimum Gasteiger partial charge on any atom is -0.508 e. The van der Waals surface area contributed by atoms with Gasteiger partial charge in [-0.15, -0.1) is 0 Å². The molecule has 54 valence electrons. The molecule has 0 fully saturated rings. The van der Waals surface area contributed by atoms with E-state index in [1.165, 1.54) is 12.1 Å². The van der Waals surface area contributed by atoms with E-state index < -0.39 is 0 Å². The second kappa shape index (κ2) is 2.65. The smallest absolute Gasteiger partial charge is 0.129 e. The van der Waals surface area contributed by atoms with Crippen molar-refractivity contribution in [3.63, 3.8) is 0 Å². The molecular weight excluding hydrogens is 243 g/mol. The molecule has 2 nitrogen and oxygen atoms in total. The number of benzene rings is 1. The average Bonchev–Trinajstić information content (AvgIpc) is 1.84. The molecule has 2 N–H and O–H groups in total. The number of aromatic hydroxyl groups is 2. The van der Waals surface area contributed by atoms with Crippen molar-refractivity contribution in [2.75, 3.05) is 0 Å². The second-order valence-electron chi connectivity index (χ2n) is 2.09. The van der Waals surface area contributed by atoms with Gasteiger partial charge in [0.2, 0.25) is 0 Å². The van der Waals surface area contributed by atoms with Gasteiger partial charge >= 0.3 is 0 Å². The summed E-state index contributed by atoms with van der Waals surface area (Å²) in [4.78, 5) is 0. The van der Waals surface area contributed by atoms with E-state index in [2.05, 4.69) is 0 Å². The molecule has 0 unspecified atom stereocenters. The van der Waals surface area contributed by atoms with Gasteiger partial charge in [-0.3, -0.25) is 0 Å². The molecule has 1 aromatic rings. The van der Waals surface area contributed by atoms with Crippen LogP contribution in [0, 0.1) is 10.5 Å². The third-order valence-electron chi connectivity index (χ3n) is 1.27. The number of rotatable bonds is 0. The van der Waals surface area contributed by atoms with Crippen LogP contribution in [0.25, 0.3) is 0 Å². The highest BCUT2D eigenvalue weighted by molar-refractivity contribution is 14.1. The summed E-state index contributed by atoms with van der Waals surface area (Å²) in [5, 5.41) is 18.2. The van der Waals surface area contributed by atoms with E-state index >= 15 is 0 Å². The molecule has 10 heavy (non-hydrogen) atoms. The minimum absolute atomic E-state index is 0.218. The summed E-state index contributed by atoms with van der Waals surface area (Å²) in [5.41, 5.74) is 0.693. The zero-order valence-corrected chi connectivity index (χ0v) is 7.58. The number of phenols is 2. The van der Waals surface area contributed by atoms with Crippen molar-refractivity contribution in [3.05, 3.63) is 21.3 Å². The zero-order chi connectivity index (χ0) is 7.72. The molecule has 0 aliphatic rings. The van der Waals surface area contributed by atoms with Crippen molar-refractivity contribution in [1.82, 2.24) is 0 Å². The first-order valence-corrected chi connectivity index (χ1v) is 3.87. The van der Waals surface area contributed by atoms with Gasteiger partial charge in [0.25, 0.3) is 0 Å². The van der Waals surface area contributed by atoms with E-state index in [1.54, 1.807) is 6.92 Å². The van der Waals surface area contributed by atoms with Gasteiger partial charge in [-0.25, -0.2) is 0 Å². The molecule has 0 heterocycles. The Labute approximate surface area is 72.6 Å². The van der Waals surface area contributed by atoms with Crippen LogP contribution in [0.2, 0.25) is 0 Å². The number of halogens is 1. The number of hydrogen-bond acceptors (Lipinski definition) is 2. The van der Waals surface area contributed by atoms with Crippen LogP contribution in [0.4, 0.5) is 0 Å². The van der Waals surface area contributed by atoms with Crippen molar-refractivity contribution in [1.29, 1.82) is 0 Å². The first kappa shape index (κ1) is 7.65. The van der Waals surface area contributed by atoms with Crippen molar-refractivity contribution < 1.29 is 10.2 Å². The highest BCUT2D eigenvalue weighted by Gasteiger charge is 2.01. The standard InChI is InChI=1S/C7H7IO2/c1-4-2-7(10)5(8)3-6(4)9/h2-3,9-10H,1H3. The molecule has 0 atom stereocenters. The van der Waals surface area contributed by atoms with Crippen LogP contribution in [0.3, 0.4) is 0 Å². The SMILES string of the molecule is Cc1cc(O)c(I)cc1O. The topological polar surface area (TPSA) is 40.5 Å². The molecule has 0 radical (unpaired) electrons. The van der Waals surface area contributed by atoms with Crippen molar-refractivity contribution in [2.45, 2.75) is 6.92 Å². The maximum absolute atomic E-state index is 9.11. The summed E-state index contributed by atoms with van der Waals surface area (Å²) in [6.45, 7) is 1.74. The van der Waals surface area contributed by atoms with E-state index in [0.29, 0.717) is 9.13 Å². The van der Waals surface area contributed by atoms with Crippen LogP contribution < -0.4 is 0 Å². The highest BCUT2D eigenvalue weighted by Crippen LogP contribution is 2.27. The normalized spacial score (nSPS) is 9.80. The summed E-state index contributed by atoms with van der Waals surface area (Å²) in [7, 11) is 0. The van der Waals surface area contributed by atoms with Gasteiger partial charge in [-0.05, 0) is 47.2 Å². The van der Waals surface area contributed by atoms with Crippen LogP contribution in [-0.2, 0) is 0 Å². The van der Waals surface area contributed by atoms with Crippen LogP contribution in [0.1, 0.15) is 5.56 Å². The van der Waals surface area contributed by atoms with Crippen molar-refractivity contribution in [2.24, 2.45) is 0 Å². The second-order valence-corrected chi connectivity index (χ2v) is 3.25. The summed E-state index contributed by atoms with van der Waals surface area (Å²) in [5.74, 6) is 0.443. The monoisotopic (exact) mass is 250 g/mol. The number of hydrogen-bond donors (Lipinski definition) is 2. The molecule has 0 saturated heterocycles. The lowest BCUT2D eigenvalue weighted by atomic mass is 10.2. The number of aryl methyl sites for hydroxylation is 1. The first-order valence-electron chi connectivity index (χ1n) is 2.79. The molecule has 1 rings (SSSR count). The van der Waals surface area contributed by atoms with E-state index in [9.17, 15) is 0 Å². The Bertz CT molecular complexity index is 208. The summed E-state index contributed by atoms with van der Waals surface area (Å²) < 4.78 is 0.667. The van der Waals surface area contributed by atoms with Gasteiger partial charge in [0.15, 0.2) is 0 Å². The van der Waals surface area contributed by atoms with Gasteiger partial charge in [0.05, 0.1) is 3.57 Å². The van der Waals surface area contributed by atoms with Crippen LogP contribution in [0.15, 0.2) is 12.1 Å². The third kappa shape index (κ3) is 1.34. The largest absolute Gasteiger partial charge is 0.508 e. The molecule has 0 amide bonds. The van der Waals surface area contributed by atoms with Crippen molar-refractivity contribution in [3.8, 4) is 11.5 Å². The highest BCUT2D eigenvalue weighted by atomic mass is 127. The lowest BCUT2D eigenvalue weighted by molar-refractivity contribution is 0.453. The lowest BCUT2D eigenvalue weighted by Crippen LogP contribution is -1.77. The maximum Gasteiger partial charge on any atom is 0.129 e. The number of phenolic OH excluding ortho intramolecular Hbond substituents is 2. The first-order chi connectivity index (χ1) is 4.61. The Balaban J connectivity index is 3.28. The van der Waals surface area contributed by atoms with Crippen LogP contribution >= 0.6 is 22.6 Å². The Morgan fingerprint density at radius 2 is 1.80 bits per heavy atom. The third-order valence-corrected chi connectivity index (χ3v) is 2.13. The summed E-state index contributed by atoms with van der Waals surface area (Å²) in [6, 6.07) is 3.07. The fourth-order valence-corrected chi connectivity index (χ4v) is 1.11. The molecular formula is C7H7IO2. The van der Waals surface area contributed by atoms with E-state index in [-0.39, 0.29) is 11.5 Å².